The Labute approximate surface area is 178 Å². The lowest BCUT2D eigenvalue weighted by Gasteiger charge is -2.14. The highest BCUT2D eigenvalue weighted by Crippen LogP contribution is 2.35. The lowest BCUT2D eigenvalue weighted by molar-refractivity contribution is -0.139. The molecule has 0 aromatic heterocycles. The van der Waals surface area contributed by atoms with E-state index in [2.05, 4.69) is 0 Å². The Morgan fingerprint density at radius 3 is 2.62 bits per heavy atom. The number of aliphatic carboxylic acids is 1. The summed E-state index contributed by atoms with van der Waals surface area (Å²) in [5.41, 5.74) is 0.563. The van der Waals surface area contributed by atoms with E-state index in [1.807, 2.05) is 0 Å². The summed E-state index contributed by atoms with van der Waals surface area (Å²) in [4.78, 5) is 36.5. The number of amides is 2. The number of ether oxygens (including phenoxy) is 1. The molecule has 2 aromatic carbocycles. The van der Waals surface area contributed by atoms with Crippen molar-refractivity contribution in [2.24, 2.45) is 0 Å². The van der Waals surface area contributed by atoms with Gasteiger partial charge in [0.1, 0.15) is 11.6 Å². The van der Waals surface area contributed by atoms with Crippen LogP contribution in [-0.2, 0) is 16.1 Å². The molecule has 1 saturated heterocycles. The normalized spacial score (nSPS) is 15.3. The fourth-order valence-corrected chi connectivity index (χ4v) is 3.80. The van der Waals surface area contributed by atoms with Crippen LogP contribution in [0.2, 0.25) is 10.0 Å². The Hall–Kier alpha value is -2.55. The van der Waals surface area contributed by atoms with Crippen molar-refractivity contribution in [2.45, 2.75) is 6.54 Å². The molecule has 2 aromatic rings. The molecule has 150 valence electrons. The summed E-state index contributed by atoms with van der Waals surface area (Å²) in [6.07, 6.45) is 1.46. The zero-order chi connectivity index (χ0) is 21.1. The smallest absolute Gasteiger partial charge is 0.341 e. The summed E-state index contributed by atoms with van der Waals surface area (Å²) in [7, 11) is 0. The minimum Gasteiger partial charge on any atom is -0.480 e. The van der Waals surface area contributed by atoms with Gasteiger partial charge in [0.05, 0.1) is 16.5 Å². The Kier molecular flexibility index (Phi) is 6.46. The number of carboxylic acids is 1. The highest BCUT2D eigenvalue weighted by molar-refractivity contribution is 8.18. The van der Waals surface area contributed by atoms with E-state index in [0.29, 0.717) is 17.3 Å². The molecule has 3 rings (SSSR count). The number of carbonyl (C=O) groups excluding carboxylic acids is 2. The van der Waals surface area contributed by atoms with Crippen molar-refractivity contribution < 1.29 is 28.6 Å². The third-order valence-electron chi connectivity index (χ3n) is 3.86. The second-order valence-corrected chi connectivity index (χ2v) is 7.65. The van der Waals surface area contributed by atoms with Gasteiger partial charge in [0, 0.05) is 10.6 Å². The Balaban J connectivity index is 1.79. The zero-order valence-corrected chi connectivity index (χ0v) is 16.9. The first kappa shape index (κ1) is 21.2. The molecule has 0 radical (unpaired) electrons. The van der Waals surface area contributed by atoms with E-state index in [1.165, 1.54) is 36.4 Å². The summed E-state index contributed by atoms with van der Waals surface area (Å²) < 4.78 is 19.0. The summed E-state index contributed by atoms with van der Waals surface area (Å²) >= 11 is 12.7. The molecule has 1 aliphatic rings. The number of hydrogen-bond acceptors (Lipinski definition) is 5. The fraction of sp³-hybridized carbons (Fsp3) is 0.105. The Bertz CT molecular complexity index is 1020. The molecular weight excluding hydrogens is 444 g/mol. The lowest BCUT2D eigenvalue weighted by atomic mass is 10.2. The first-order valence-corrected chi connectivity index (χ1v) is 9.66. The van der Waals surface area contributed by atoms with Crippen LogP contribution in [0.25, 0.3) is 6.08 Å². The van der Waals surface area contributed by atoms with Gasteiger partial charge in [0.15, 0.2) is 6.61 Å². The SMILES string of the molecule is O=C(O)COc1ccc(/C=C2\SC(=O)N(Cc3c(F)cccc3Cl)C2=O)cc1Cl. The molecule has 1 fully saturated rings. The number of nitrogens with zero attached hydrogens (tertiary/aromatic N) is 1. The van der Waals surface area contributed by atoms with Gasteiger partial charge in [-0.2, -0.15) is 0 Å². The molecule has 10 heteroatoms. The highest BCUT2D eigenvalue weighted by atomic mass is 35.5. The number of hydrogen-bond donors (Lipinski definition) is 1. The molecule has 0 unspecified atom stereocenters. The second kappa shape index (κ2) is 8.86. The van der Waals surface area contributed by atoms with E-state index < -0.39 is 29.5 Å². The van der Waals surface area contributed by atoms with E-state index in [9.17, 15) is 18.8 Å². The second-order valence-electron chi connectivity index (χ2n) is 5.84. The van der Waals surface area contributed by atoms with Gasteiger partial charge in [-0.3, -0.25) is 14.5 Å². The maximum Gasteiger partial charge on any atom is 0.341 e. The first-order chi connectivity index (χ1) is 13.8. The van der Waals surface area contributed by atoms with Crippen LogP contribution in [0.15, 0.2) is 41.3 Å². The van der Waals surface area contributed by atoms with Crippen LogP contribution in [-0.4, -0.2) is 33.7 Å². The van der Waals surface area contributed by atoms with Gasteiger partial charge in [-0.05, 0) is 47.7 Å². The monoisotopic (exact) mass is 455 g/mol. The van der Waals surface area contributed by atoms with Gasteiger partial charge in [0.2, 0.25) is 0 Å². The van der Waals surface area contributed by atoms with E-state index in [-0.39, 0.29) is 32.8 Å². The molecule has 6 nitrogen and oxygen atoms in total. The molecule has 2 amide bonds. The molecule has 0 spiro atoms. The molecule has 29 heavy (non-hydrogen) atoms. The fourth-order valence-electron chi connectivity index (χ4n) is 2.49. The molecule has 0 aliphatic carbocycles. The van der Waals surface area contributed by atoms with Gasteiger partial charge in [-0.1, -0.05) is 35.3 Å². The van der Waals surface area contributed by atoms with Crippen molar-refractivity contribution in [2.75, 3.05) is 6.61 Å². The van der Waals surface area contributed by atoms with Gasteiger partial charge in [0.25, 0.3) is 11.1 Å². The van der Waals surface area contributed by atoms with E-state index >= 15 is 0 Å². The molecule has 1 aliphatic heterocycles. The van der Waals surface area contributed by atoms with Crippen molar-refractivity contribution in [1.82, 2.24) is 4.90 Å². The number of thioether (sulfide) groups is 1. The predicted molar refractivity (Wildman–Crippen MR) is 108 cm³/mol. The minimum atomic E-state index is -1.14. The van der Waals surface area contributed by atoms with Crippen LogP contribution in [0.1, 0.15) is 11.1 Å². The van der Waals surface area contributed by atoms with Gasteiger partial charge in [-0.15, -0.1) is 0 Å². The maximum absolute atomic E-state index is 14.0. The minimum absolute atomic E-state index is 0.0562. The molecule has 1 N–H and O–H groups in total. The predicted octanol–water partition coefficient (Wildman–Crippen LogP) is 4.83. The van der Waals surface area contributed by atoms with Crippen molar-refractivity contribution >= 4 is 58.2 Å². The van der Waals surface area contributed by atoms with E-state index in [0.717, 1.165) is 4.90 Å². The number of benzene rings is 2. The summed E-state index contributed by atoms with van der Waals surface area (Å²) in [5.74, 6) is -2.16. The average Bonchev–Trinajstić information content (AvgIpc) is 2.91. The van der Waals surface area contributed by atoms with Crippen LogP contribution < -0.4 is 4.74 Å². The third kappa shape index (κ3) is 4.90. The first-order valence-electron chi connectivity index (χ1n) is 8.08. The largest absolute Gasteiger partial charge is 0.480 e. The maximum atomic E-state index is 14.0. The zero-order valence-electron chi connectivity index (χ0n) is 14.5. The number of imide groups is 1. The average molecular weight is 456 g/mol. The van der Waals surface area contributed by atoms with Gasteiger partial charge >= 0.3 is 5.97 Å². The molecule has 0 atom stereocenters. The van der Waals surface area contributed by atoms with Crippen LogP contribution in [0.3, 0.4) is 0 Å². The van der Waals surface area contributed by atoms with E-state index in [4.69, 9.17) is 33.0 Å². The van der Waals surface area contributed by atoms with Crippen LogP contribution >= 0.6 is 35.0 Å². The van der Waals surface area contributed by atoms with Crippen molar-refractivity contribution in [3.63, 3.8) is 0 Å². The summed E-state index contributed by atoms with van der Waals surface area (Å²) in [5, 5.41) is 8.37. The Morgan fingerprint density at radius 1 is 1.21 bits per heavy atom. The highest BCUT2D eigenvalue weighted by Gasteiger charge is 2.35. The van der Waals surface area contributed by atoms with Crippen molar-refractivity contribution in [1.29, 1.82) is 0 Å². The van der Waals surface area contributed by atoms with Gasteiger partial charge < -0.3 is 9.84 Å². The van der Waals surface area contributed by atoms with Crippen LogP contribution in [0, 0.1) is 5.82 Å². The summed E-state index contributed by atoms with van der Waals surface area (Å²) in [6, 6.07) is 8.60. The lowest BCUT2D eigenvalue weighted by Crippen LogP contribution is -2.28. The molecule has 1 heterocycles. The van der Waals surface area contributed by atoms with Crippen molar-refractivity contribution in [3.05, 3.63) is 68.3 Å². The van der Waals surface area contributed by atoms with Crippen LogP contribution in [0.4, 0.5) is 9.18 Å². The quantitative estimate of drug-likeness (QED) is 0.627. The van der Waals surface area contributed by atoms with Crippen LogP contribution in [0.5, 0.6) is 5.75 Å². The third-order valence-corrected chi connectivity index (χ3v) is 5.41. The van der Waals surface area contributed by atoms with Crippen molar-refractivity contribution in [3.8, 4) is 5.75 Å². The Morgan fingerprint density at radius 2 is 1.97 bits per heavy atom. The molecular formula is C19H12Cl2FNO5S. The molecule has 0 bridgehead atoms. The van der Waals surface area contributed by atoms with E-state index in [1.54, 1.807) is 6.07 Å². The molecule has 0 saturated carbocycles. The number of carbonyl (C=O) groups is 3. The number of carboxylic acid groups (broad SMARTS) is 1. The number of rotatable bonds is 6. The van der Waals surface area contributed by atoms with Gasteiger partial charge in [-0.25, -0.2) is 9.18 Å². The standard InChI is InChI=1S/C19H12Cl2FNO5S/c20-12-2-1-3-14(22)11(12)8-23-18(26)16(29-19(23)27)7-10-4-5-15(13(21)6-10)28-9-17(24)25/h1-7H,8-9H2,(H,24,25)/b16-7-. The summed E-state index contributed by atoms with van der Waals surface area (Å²) in [6.45, 7) is -0.827. The number of halogens is 3. The topological polar surface area (TPSA) is 83.9 Å².